The highest BCUT2D eigenvalue weighted by Gasteiger charge is 2.10. The van der Waals surface area contributed by atoms with Gasteiger partial charge in [0.15, 0.2) is 0 Å². The predicted molar refractivity (Wildman–Crippen MR) is 96.4 cm³/mol. The Morgan fingerprint density at radius 2 is 2.12 bits per heavy atom. The van der Waals surface area contributed by atoms with Crippen LogP contribution in [-0.4, -0.2) is 30.1 Å². The molecule has 0 spiro atoms. The average molecular weight is 327 g/mol. The molecule has 128 valence electrons. The number of nitrogens with one attached hydrogen (secondary N) is 2. The predicted octanol–water partition coefficient (Wildman–Crippen LogP) is 3.08. The number of rotatable bonds is 8. The van der Waals surface area contributed by atoms with E-state index in [1.807, 2.05) is 45.0 Å². The SMILES string of the molecule is Cc1ccc(NC(=O)CC(C)NCCOc2cccnc2)c(C)c1. The zero-order chi connectivity index (χ0) is 17.4. The van der Waals surface area contributed by atoms with E-state index in [2.05, 4.69) is 21.7 Å². The van der Waals surface area contributed by atoms with E-state index in [9.17, 15) is 4.79 Å². The molecule has 1 aromatic carbocycles. The first-order valence-electron chi connectivity index (χ1n) is 8.18. The molecule has 5 heteroatoms. The number of aryl methyl sites for hydroxylation is 2. The quantitative estimate of drug-likeness (QED) is 0.731. The molecule has 5 nitrogen and oxygen atoms in total. The standard InChI is InChI=1S/C19H25N3O2/c1-14-6-7-18(15(2)11-14)22-19(23)12-16(3)21-9-10-24-17-5-4-8-20-13-17/h4-8,11,13,16,21H,9-10,12H2,1-3H3,(H,22,23). The monoisotopic (exact) mass is 327 g/mol. The summed E-state index contributed by atoms with van der Waals surface area (Å²) < 4.78 is 5.56. The molecule has 0 bridgehead atoms. The molecule has 24 heavy (non-hydrogen) atoms. The maximum Gasteiger partial charge on any atom is 0.225 e. The molecule has 1 atom stereocenters. The van der Waals surface area contributed by atoms with Crippen LogP contribution in [0.2, 0.25) is 0 Å². The van der Waals surface area contributed by atoms with E-state index in [4.69, 9.17) is 4.74 Å². The number of ether oxygens (including phenoxy) is 1. The third kappa shape index (κ3) is 6.01. The minimum absolute atomic E-state index is 0.00938. The second-order valence-electron chi connectivity index (χ2n) is 5.96. The Morgan fingerprint density at radius 1 is 1.29 bits per heavy atom. The zero-order valence-corrected chi connectivity index (χ0v) is 14.5. The summed E-state index contributed by atoms with van der Waals surface area (Å²) in [4.78, 5) is 16.1. The summed E-state index contributed by atoms with van der Waals surface area (Å²) in [5.41, 5.74) is 3.14. The van der Waals surface area contributed by atoms with Gasteiger partial charge in [0.1, 0.15) is 12.4 Å². The van der Waals surface area contributed by atoms with Gasteiger partial charge in [-0.05, 0) is 44.5 Å². The normalized spacial score (nSPS) is 11.8. The highest BCUT2D eigenvalue weighted by atomic mass is 16.5. The smallest absolute Gasteiger partial charge is 0.225 e. The van der Waals surface area contributed by atoms with Gasteiger partial charge >= 0.3 is 0 Å². The molecular formula is C19H25N3O2. The summed E-state index contributed by atoms with van der Waals surface area (Å²) in [6.07, 6.45) is 3.81. The van der Waals surface area contributed by atoms with Gasteiger partial charge in [-0.2, -0.15) is 0 Å². The molecule has 0 saturated carbocycles. The fourth-order valence-electron chi connectivity index (χ4n) is 2.41. The van der Waals surface area contributed by atoms with Crippen molar-refractivity contribution in [1.82, 2.24) is 10.3 Å². The third-order valence-corrected chi connectivity index (χ3v) is 3.65. The molecule has 1 aromatic heterocycles. The van der Waals surface area contributed by atoms with Crippen molar-refractivity contribution in [2.75, 3.05) is 18.5 Å². The Bertz CT molecular complexity index is 659. The van der Waals surface area contributed by atoms with Crippen molar-refractivity contribution in [3.05, 3.63) is 53.9 Å². The fourth-order valence-corrected chi connectivity index (χ4v) is 2.41. The van der Waals surface area contributed by atoms with Crippen molar-refractivity contribution in [1.29, 1.82) is 0 Å². The highest BCUT2D eigenvalue weighted by Crippen LogP contribution is 2.16. The van der Waals surface area contributed by atoms with Gasteiger partial charge < -0.3 is 15.4 Å². The van der Waals surface area contributed by atoms with Crippen molar-refractivity contribution in [3.63, 3.8) is 0 Å². The van der Waals surface area contributed by atoms with Crippen molar-refractivity contribution >= 4 is 11.6 Å². The molecule has 0 fully saturated rings. The van der Waals surface area contributed by atoms with Crippen molar-refractivity contribution in [2.45, 2.75) is 33.2 Å². The largest absolute Gasteiger partial charge is 0.491 e. The molecule has 1 heterocycles. The molecule has 2 aromatic rings. The van der Waals surface area contributed by atoms with Crippen molar-refractivity contribution < 1.29 is 9.53 Å². The Hall–Kier alpha value is -2.40. The summed E-state index contributed by atoms with van der Waals surface area (Å²) in [6, 6.07) is 9.79. The lowest BCUT2D eigenvalue weighted by molar-refractivity contribution is -0.116. The van der Waals surface area contributed by atoms with Crippen LogP contribution >= 0.6 is 0 Å². The Labute approximate surface area is 143 Å². The summed E-state index contributed by atoms with van der Waals surface area (Å²) in [6.45, 7) is 7.24. The molecule has 1 amide bonds. The van der Waals surface area contributed by atoms with Crippen molar-refractivity contribution in [3.8, 4) is 5.75 Å². The lowest BCUT2D eigenvalue weighted by Crippen LogP contribution is -2.33. The lowest BCUT2D eigenvalue weighted by Gasteiger charge is -2.15. The number of pyridine rings is 1. The van der Waals surface area contributed by atoms with E-state index >= 15 is 0 Å². The number of nitrogens with zero attached hydrogens (tertiary/aromatic N) is 1. The molecule has 0 saturated heterocycles. The maximum atomic E-state index is 12.1. The number of aromatic nitrogens is 1. The summed E-state index contributed by atoms with van der Waals surface area (Å²) >= 11 is 0. The van der Waals surface area contributed by atoms with E-state index in [1.54, 1.807) is 12.4 Å². The number of anilines is 1. The number of hydrogen-bond acceptors (Lipinski definition) is 4. The molecule has 0 aliphatic carbocycles. The van der Waals surface area contributed by atoms with Crippen LogP contribution in [0.1, 0.15) is 24.5 Å². The van der Waals surface area contributed by atoms with Gasteiger partial charge in [-0.15, -0.1) is 0 Å². The minimum atomic E-state index is 0.00938. The van der Waals surface area contributed by atoms with Gasteiger partial charge in [0.05, 0.1) is 6.20 Å². The first-order valence-corrected chi connectivity index (χ1v) is 8.18. The van der Waals surface area contributed by atoms with Crippen LogP contribution in [-0.2, 0) is 4.79 Å². The molecule has 0 radical (unpaired) electrons. The molecule has 2 N–H and O–H groups in total. The van der Waals surface area contributed by atoms with Crippen molar-refractivity contribution in [2.24, 2.45) is 0 Å². The first-order chi connectivity index (χ1) is 11.5. The number of carbonyl (C=O) groups excluding carboxylic acids is 1. The van der Waals surface area contributed by atoms with Gasteiger partial charge in [0.25, 0.3) is 0 Å². The van der Waals surface area contributed by atoms with E-state index < -0.39 is 0 Å². The molecule has 2 rings (SSSR count). The second kappa shape index (κ2) is 9.03. The van der Waals surface area contributed by atoms with Crippen LogP contribution in [0.4, 0.5) is 5.69 Å². The fraction of sp³-hybridized carbons (Fsp3) is 0.368. The average Bonchev–Trinajstić information content (AvgIpc) is 2.55. The van der Waals surface area contributed by atoms with Gasteiger partial charge in [0, 0.05) is 30.9 Å². The first kappa shape index (κ1) is 17.9. The van der Waals surface area contributed by atoms with Gasteiger partial charge in [-0.25, -0.2) is 0 Å². The molecule has 1 unspecified atom stereocenters. The van der Waals surface area contributed by atoms with Crippen LogP contribution in [0.5, 0.6) is 5.75 Å². The number of carbonyl (C=O) groups is 1. The highest BCUT2D eigenvalue weighted by molar-refractivity contribution is 5.91. The lowest BCUT2D eigenvalue weighted by atomic mass is 10.1. The molecule has 0 aliphatic rings. The van der Waals surface area contributed by atoms with Crippen LogP contribution in [0, 0.1) is 13.8 Å². The van der Waals surface area contributed by atoms with Gasteiger partial charge in [-0.1, -0.05) is 17.7 Å². The van der Waals surface area contributed by atoms with Crippen LogP contribution < -0.4 is 15.4 Å². The number of hydrogen-bond donors (Lipinski definition) is 2. The molecular weight excluding hydrogens is 302 g/mol. The number of benzene rings is 1. The van der Waals surface area contributed by atoms with Crippen LogP contribution in [0.25, 0.3) is 0 Å². The summed E-state index contributed by atoms with van der Waals surface area (Å²) in [5.74, 6) is 0.759. The Morgan fingerprint density at radius 3 is 2.83 bits per heavy atom. The van der Waals surface area contributed by atoms with E-state index in [0.717, 1.165) is 17.0 Å². The van der Waals surface area contributed by atoms with Gasteiger partial charge in [-0.3, -0.25) is 9.78 Å². The number of amides is 1. The third-order valence-electron chi connectivity index (χ3n) is 3.65. The second-order valence-corrected chi connectivity index (χ2v) is 5.96. The topological polar surface area (TPSA) is 63.2 Å². The van der Waals surface area contributed by atoms with Crippen LogP contribution in [0.15, 0.2) is 42.7 Å². The Balaban J connectivity index is 1.68. The van der Waals surface area contributed by atoms with E-state index in [0.29, 0.717) is 19.6 Å². The zero-order valence-electron chi connectivity index (χ0n) is 14.5. The minimum Gasteiger partial charge on any atom is -0.491 e. The van der Waals surface area contributed by atoms with E-state index in [-0.39, 0.29) is 11.9 Å². The Kier molecular flexibility index (Phi) is 6.75. The van der Waals surface area contributed by atoms with Gasteiger partial charge in [0.2, 0.25) is 5.91 Å². The van der Waals surface area contributed by atoms with Crippen LogP contribution in [0.3, 0.4) is 0 Å². The summed E-state index contributed by atoms with van der Waals surface area (Å²) in [5, 5.41) is 6.25. The maximum absolute atomic E-state index is 12.1. The van der Waals surface area contributed by atoms with E-state index in [1.165, 1.54) is 5.56 Å². The molecule has 0 aliphatic heterocycles. The summed E-state index contributed by atoms with van der Waals surface area (Å²) in [7, 11) is 0.